The number of halogens is 1. The Morgan fingerprint density at radius 2 is 1.81 bits per heavy atom. The first-order chi connectivity index (χ1) is 18.0. The lowest BCUT2D eigenvalue weighted by molar-refractivity contribution is 0.0980. The van der Waals surface area contributed by atoms with E-state index in [9.17, 15) is 14.3 Å². The fraction of sp³-hybridized carbons (Fsp3) is 0.548. The van der Waals surface area contributed by atoms with Crippen molar-refractivity contribution in [2.45, 2.75) is 78.1 Å². The third-order valence-electron chi connectivity index (χ3n) is 6.73. The van der Waals surface area contributed by atoms with Gasteiger partial charge in [-0.2, -0.15) is 0 Å². The number of rotatable bonds is 11. The van der Waals surface area contributed by atoms with E-state index in [1.54, 1.807) is 29.2 Å². The molecule has 0 spiro atoms. The van der Waals surface area contributed by atoms with Crippen molar-refractivity contribution in [3.8, 4) is 11.5 Å². The SMILES string of the molecule is C=NCCCF.CCCCC1CCC1.CCCCOc1ccc2c(c1)CCN(c1ccc(O)cc1)C2=O. The quantitative estimate of drug-likeness (QED) is 0.247. The molecule has 1 aliphatic carbocycles. The largest absolute Gasteiger partial charge is 0.508 e. The number of aromatic hydroxyl groups is 1. The Bertz CT molecular complexity index is 929. The topological polar surface area (TPSA) is 62.1 Å². The van der Waals surface area contributed by atoms with Gasteiger partial charge in [0.1, 0.15) is 11.5 Å². The maximum absolute atomic E-state index is 12.7. The third-order valence-corrected chi connectivity index (χ3v) is 6.73. The molecule has 204 valence electrons. The molecule has 37 heavy (non-hydrogen) atoms. The standard InChI is InChI=1S/C19H21NO3.C8H16.C4H8FN/c1-2-3-12-23-17-8-9-18-14(13-17)10-11-20(19(18)22)15-4-6-16(21)7-5-15;1-2-3-5-8-6-4-7-8;1-6-4-2-3-5/h4-9,13,21H,2-3,10-12H2,1H3;8H,2-7H2,1H3;1-4H2. The van der Waals surface area contributed by atoms with Crippen LogP contribution in [0.25, 0.3) is 0 Å². The predicted octanol–water partition coefficient (Wildman–Crippen LogP) is 7.80. The maximum atomic E-state index is 12.7. The second kappa shape index (κ2) is 17.5. The Morgan fingerprint density at radius 1 is 1.08 bits per heavy atom. The monoisotopic (exact) mass is 512 g/mol. The molecule has 1 amide bonds. The molecule has 2 aliphatic rings. The zero-order valence-electron chi connectivity index (χ0n) is 22.8. The van der Waals surface area contributed by atoms with Crippen LogP contribution in [-0.4, -0.2) is 44.1 Å². The number of ether oxygens (including phenoxy) is 1. The molecular weight excluding hydrogens is 467 g/mol. The van der Waals surface area contributed by atoms with Crippen molar-refractivity contribution in [3.63, 3.8) is 0 Å². The molecule has 1 saturated carbocycles. The molecule has 1 N–H and O–H groups in total. The number of amides is 1. The number of phenols is 1. The summed E-state index contributed by atoms with van der Waals surface area (Å²) in [5.41, 5.74) is 2.58. The minimum Gasteiger partial charge on any atom is -0.508 e. The highest BCUT2D eigenvalue weighted by Gasteiger charge is 2.25. The maximum Gasteiger partial charge on any atom is 0.258 e. The summed E-state index contributed by atoms with van der Waals surface area (Å²) in [6.07, 6.45) is 12.4. The van der Waals surface area contributed by atoms with Crippen molar-refractivity contribution in [2.24, 2.45) is 10.9 Å². The van der Waals surface area contributed by atoms with Crippen molar-refractivity contribution in [1.29, 1.82) is 0 Å². The van der Waals surface area contributed by atoms with Gasteiger partial charge in [-0.05, 0) is 79.9 Å². The first kappa shape index (κ1) is 30.3. The molecule has 1 aliphatic heterocycles. The van der Waals surface area contributed by atoms with Gasteiger partial charge >= 0.3 is 0 Å². The predicted molar refractivity (Wildman–Crippen MR) is 152 cm³/mol. The van der Waals surface area contributed by atoms with Crippen LogP contribution in [0.3, 0.4) is 0 Å². The minimum atomic E-state index is -0.279. The molecule has 6 heteroatoms. The van der Waals surface area contributed by atoms with Gasteiger partial charge < -0.3 is 19.7 Å². The lowest BCUT2D eigenvalue weighted by Crippen LogP contribution is -2.37. The summed E-state index contributed by atoms with van der Waals surface area (Å²) in [5, 5.41) is 9.38. The molecule has 0 radical (unpaired) electrons. The van der Waals surface area contributed by atoms with Crippen LogP contribution in [0.5, 0.6) is 11.5 Å². The molecular formula is C31H45FN2O3. The smallest absolute Gasteiger partial charge is 0.258 e. The summed E-state index contributed by atoms with van der Waals surface area (Å²) in [4.78, 5) is 17.9. The number of aliphatic imine (C=N–C) groups is 1. The van der Waals surface area contributed by atoms with Crippen molar-refractivity contribution >= 4 is 18.3 Å². The van der Waals surface area contributed by atoms with E-state index < -0.39 is 0 Å². The van der Waals surface area contributed by atoms with Gasteiger partial charge in [0.25, 0.3) is 5.91 Å². The summed E-state index contributed by atoms with van der Waals surface area (Å²) in [6.45, 7) is 9.21. The van der Waals surface area contributed by atoms with Crippen molar-refractivity contribution < 1.29 is 19.0 Å². The molecule has 0 saturated heterocycles. The van der Waals surface area contributed by atoms with E-state index in [0.29, 0.717) is 26.1 Å². The number of anilines is 1. The Morgan fingerprint density at radius 3 is 2.38 bits per heavy atom. The van der Waals surface area contributed by atoms with Crippen molar-refractivity contribution in [1.82, 2.24) is 0 Å². The molecule has 5 nitrogen and oxygen atoms in total. The molecule has 1 fully saturated rings. The molecule has 2 aromatic rings. The number of unbranched alkanes of at least 4 members (excludes halogenated alkanes) is 2. The number of hydrogen-bond donors (Lipinski definition) is 1. The Kier molecular flexibility index (Phi) is 14.4. The van der Waals surface area contributed by atoms with Crippen LogP contribution in [0.4, 0.5) is 10.1 Å². The van der Waals surface area contributed by atoms with Crippen LogP contribution in [-0.2, 0) is 6.42 Å². The molecule has 4 rings (SSSR count). The number of nitrogens with zero attached hydrogens (tertiary/aromatic N) is 2. The summed E-state index contributed by atoms with van der Waals surface area (Å²) in [6, 6.07) is 12.4. The van der Waals surface area contributed by atoms with Gasteiger partial charge in [-0.15, -0.1) is 0 Å². The molecule has 2 aromatic carbocycles. The van der Waals surface area contributed by atoms with Crippen LogP contribution in [0.1, 0.15) is 87.6 Å². The highest BCUT2D eigenvalue weighted by atomic mass is 19.1. The van der Waals surface area contributed by atoms with Crippen LogP contribution >= 0.6 is 0 Å². The van der Waals surface area contributed by atoms with E-state index in [-0.39, 0.29) is 18.3 Å². The van der Waals surface area contributed by atoms with E-state index >= 15 is 0 Å². The second-order valence-corrected chi connectivity index (χ2v) is 9.67. The zero-order valence-corrected chi connectivity index (χ0v) is 22.8. The fourth-order valence-corrected chi connectivity index (χ4v) is 4.21. The molecule has 0 atom stereocenters. The number of benzene rings is 2. The number of fused-ring (bicyclic) bond motifs is 1. The van der Waals surface area contributed by atoms with Crippen LogP contribution < -0.4 is 9.64 Å². The summed E-state index contributed by atoms with van der Waals surface area (Å²) in [5.74, 6) is 2.17. The first-order valence-corrected chi connectivity index (χ1v) is 13.9. The van der Waals surface area contributed by atoms with Crippen LogP contribution in [0.2, 0.25) is 0 Å². The number of carbonyl (C=O) groups excluding carboxylic acids is 1. The van der Waals surface area contributed by atoms with Gasteiger partial charge in [0.2, 0.25) is 0 Å². The van der Waals surface area contributed by atoms with Gasteiger partial charge in [0, 0.05) is 24.3 Å². The van der Waals surface area contributed by atoms with Crippen molar-refractivity contribution in [2.75, 3.05) is 31.3 Å². The lowest BCUT2D eigenvalue weighted by atomic mass is 9.82. The third kappa shape index (κ3) is 10.6. The number of phenolic OH excluding ortho intramolecular Hbond substituents is 1. The molecule has 0 unspecified atom stereocenters. The second-order valence-electron chi connectivity index (χ2n) is 9.67. The molecule has 1 heterocycles. The van der Waals surface area contributed by atoms with Gasteiger partial charge in [-0.25, -0.2) is 0 Å². The van der Waals surface area contributed by atoms with Crippen LogP contribution in [0.15, 0.2) is 47.5 Å². The Balaban J connectivity index is 0.000000282. The van der Waals surface area contributed by atoms with Crippen LogP contribution in [0, 0.1) is 5.92 Å². The highest BCUT2D eigenvalue weighted by molar-refractivity contribution is 6.08. The number of hydrogen-bond acceptors (Lipinski definition) is 4. The van der Waals surface area contributed by atoms with E-state index in [0.717, 1.165) is 47.7 Å². The van der Waals surface area contributed by atoms with E-state index in [1.165, 1.54) is 38.5 Å². The lowest BCUT2D eigenvalue weighted by Gasteiger charge is -2.29. The van der Waals surface area contributed by atoms with Gasteiger partial charge in [-0.3, -0.25) is 9.18 Å². The normalized spacial score (nSPS) is 14.4. The summed E-state index contributed by atoms with van der Waals surface area (Å²) < 4.78 is 16.8. The average molecular weight is 513 g/mol. The van der Waals surface area contributed by atoms with Gasteiger partial charge in [-0.1, -0.05) is 58.8 Å². The fourth-order valence-electron chi connectivity index (χ4n) is 4.21. The molecule has 0 aromatic heterocycles. The molecule has 0 bridgehead atoms. The first-order valence-electron chi connectivity index (χ1n) is 13.9. The van der Waals surface area contributed by atoms with E-state index in [1.807, 2.05) is 18.2 Å². The van der Waals surface area contributed by atoms with Crippen molar-refractivity contribution in [3.05, 3.63) is 53.6 Å². The Labute approximate surface area is 222 Å². The zero-order chi connectivity index (χ0) is 26.9. The minimum absolute atomic E-state index is 0.00273. The van der Waals surface area contributed by atoms with Gasteiger partial charge in [0.05, 0.1) is 13.3 Å². The number of alkyl halides is 1. The number of carbonyl (C=O) groups is 1. The van der Waals surface area contributed by atoms with E-state index in [2.05, 4.69) is 25.6 Å². The Hall–Kier alpha value is -2.89. The van der Waals surface area contributed by atoms with Gasteiger partial charge in [0.15, 0.2) is 0 Å². The summed E-state index contributed by atoms with van der Waals surface area (Å²) in [7, 11) is 0. The highest BCUT2D eigenvalue weighted by Crippen LogP contribution is 2.30. The average Bonchev–Trinajstić information content (AvgIpc) is 2.88. The summed E-state index contributed by atoms with van der Waals surface area (Å²) >= 11 is 0. The van der Waals surface area contributed by atoms with E-state index in [4.69, 9.17) is 4.74 Å².